The summed E-state index contributed by atoms with van der Waals surface area (Å²) in [6, 6.07) is 3.48. The number of hydrogen-bond acceptors (Lipinski definition) is 1. The van der Waals surface area contributed by atoms with Gasteiger partial charge in [-0.2, -0.15) is 0 Å². The van der Waals surface area contributed by atoms with E-state index in [-0.39, 0.29) is 12.0 Å². The van der Waals surface area contributed by atoms with E-state index in [1.807, 2.05) is 0 Å². The molecule has 2 atom stereocenters. The third kappa shape index (κ3) is 2.06. The molecule has 1 fully saturated rings. The topological polar surface area (TPSA) is 49.3 Å². The van der Waals surface area contributed by atoms with Crippen molar-refractivity contribution >= 4 is 6.09 Å². The summed E-state index contributed by atoms with van der Waals surface area (Å²) in [5, 5.41) is 10.7. The number of carboxylic acid groups (broad SMARTS) is 1. The Hall–Kier alpha value is -1.65. The highest BCUT2D eigenvalue weighted by Crippen LogP contribution is 2.40. The van der Waals surface area contributed by atoms with Crippen molar-refractivity contribution in [3.8, 4) is 0 Å². The zero-order valence-electron chi connectivity index (χ0n) is 7.71. The first kappa shape index (κ1) is 9.89. The molecule has 1 aromatic rings. The minimum absolute atomic E-state index is 0.0313. The number of halogens is 2. The molecule has 2 rings (SSSR count). The first-order valence-electron chi connectivity index (χ1n) is 4.52. The van der Waals surface area contributed by atoms with Gasteiger partial charge in [-0.05, 0) is 24.1 Å². The summed E-state index contributed by atoms with van der Waals surface area (Å²) in [5.41, 5.74) is 0.632. The molecule has 0 heterocycles. The molecule has 5 heteroatoms. The zero-order chi connectivity index (χ0) is 11.0. The third-order valence-corrected chi connectivity index (χ3v) is 2.47. The summed E-state index contributed by atoms with van der Waals surface area (Å²) in [7, 11) is 0. The van der Waals surface area contributed by atoms with Crippen LogP contribution in [0.4, 0.5) is 13.6 Å². The first-order chi connectivity index (χ1) is 7.08. The van der Waals surface area contributed by atoms with Gasteiger partial charge in [0.1, 0.15) is 0 Å². The summed E-state index contributed by atoms with van der Waals surface area (Å²) in [6.45, 7) is 0. The standard InChI is InChI=1S/C10H9F2NO2/c11-7-2-1-5(3-8(7)12)6-4-9(6)13-10(14)15/h1-3,6,9,13H,4H2,(H,14,15)/t6-,9+/m0/s1. The maximum atomic E-state index is 12.8. The Morgan fingerprint density at radius 2 is 2.13 bits per heavy atom. The van der Waals surface area contributed by atoms with E-state index in [2.05, 4.69) is 5.32 Å². The third-order valence-electron chi connectivity index (χ3n) is 2.47. The molecular formula is C10H9F2NO2. The molecule has 0 radical (unpaired) electrons. The van der Waals surface area contributed by atoms with E-state index in [0.717, 1.165) is 12.1 Å². The zero-order valence-corrected chi connectivity index (χ0v) is 7.71. The minimum Gasteiger partial charge on any atom is -0.465 e. The molecule has 0 spiro atoms. The van der Waals surface area contributed by atoms with Crippen molar-refractivity contribution in [2.75, 3.05) is 0 Å². The Kier molecular flexibility index (Phi) is 2.30. The minimum atomic E-state index is -1.09. The largest absolute Gasteiger partial charge is 0.465 e. The molecular weight excluding hydrogens is 204 g/mol. The lowest BCUT2D eigenvalue weighted by molar-refractivity contribution is 0.193. The Balaban J connectivity index is 2.07. The highest BCUT2D eigenvalue weighted by atomic mass is 19.2. The van der Waals surface area contributed by atoms with Crippen molar-refractivity contribution in [3.05, 3.63) is 35.4 Å². The second-order valence-electron chi connectivity index (χ2n) is 3.57. The predicted octanol–water partition coefficient (Wildman–Crippen LogP) is 2.09. The fraction of sp³-hybridized carbons (Fsp3) is 0.300. The van der Waals surface area contributed by atoms with Crippen molar-refractivity contribution in [2.45, 2.75) is 18.4 Å². The maximum absolute atomic E-state index is 12.8. The van der Waals surface area contributed by atoms with E-state index in [9.17, 15) is 13.6 Å². The van der Waals surface area contributed by atoms with Gasteiger partial charge in [0.15, 0.2) is 11.6 Å². The van der Waals surface area contributed by atoms with Crippen molar-refractivity contribution in [1.82, 2.24) is 5.32 Å². The molecule has 1 aromatic carbocycles. The lowest BCUT2D eigenvalue weighted by Crippen LogP contribution is -2.24. The van der Waals surface area contributed by atoms with Crippen LogP contribution in [0.3, 0.4) is 0 Å². The molecule has 1 amide bonds. The number of hydrogen-bond donors (Lipinski definition) is 2. The van der Waals surface area contributed by atoms with Crippen LogP contribution in [0.5, 0.6) is 0 Å². The van der Waals surface area contributed by atoms with Crippen LogP contribution in [0, 0.1) is 11.6 Å². The van der Waals surface area contributed by atoms with Gasteiger partial charge in [0.2, 0.25) is 0 Å². The van der Waals surface area contributed by atoms with Crippen LogP contribution < -0.4 is 5.32 Å². The van der Waals surface area contributed by atoms with E-state index in [4.69, 9.17) is 5.11 Å². The molecule has 1 saturated carbocycles. The van der Waals surface area contributed by atoms with Crippen molar-refractivity contribution < 1.29 is 18.7 Å². The van der Waals surface area contributed by atoms with Crippen LogP contribution in [0.2, 0.25) is 0 Å². The Bertz CT molecular complexity index is 408. The molecule has 0 aliphatic heterocycles. The van der Waals surface area contributed by atoms with Crippen molar-refractivity contribution in [1.29, 1.82) is 0 Å². The molecule has 1 aliphatic carbocycles. The summed E-state index contributed by atoms with van der Waals surface area (Å²) in [6.07, 6.45) is -0.456. The van der Waals surface area contributed by atoms with Gasteiger partial charge >= 0.3 is 6.09 Å². The van der Waals surface area contributed by atoms with Gasteiger partial charge in [-0.1, -0.05) is 6.07 Å². The van der Waals surface area contributed by atoms with Crippen LogP contribution in [0.1, 0.15) is 17.9 Å². The lowest BCUT2D eigenvalue weighted by Gasteiger charge is -2.01. The van der Waals surface area contributed by atoms with Gasteiger partial charge in [0, 0.05) is 12.0 Å². The van der Waals surface area contributed by atoms with E-state index in [1.165, 1.54) is 6.07 Å². The lowest BCUT2D eigenvalue weighted by atomic mass is 10.1. The molecule has 0 unspecified atom stereocenters. The summed E-state index contributed by atoms with van der Waals surface area (Å²) in [5.74, 6) is -1.81. The number of nitrogens with one attached hydrogen (secondary N) is 1. The Morgan fingerprint density at radius 3 is 2.73 bits per heavy atom. The van der Waals surface area contributed by atoms with Crippen LogP contribution in [-0.2, 0) is 0 Å². The van der Waals surface area contributed by atoms with Gasteiger partial charge in [-0.25, -0.2) is 13.6 Å². The average Bonchev–Trinajstić information content (AvgIpc) is 2.88. The molecule has 15 heavy (non-hydrogen) atoms. The number of amides is 1. The molecule has 80 valence electrons. The molecule has 0 bridgehead atoms. The second kappa shape index (κ2) is 3.49. The van der Waals surface area contributed by atoms with Crippen molar-refractivity contribution in [2.24, 2.45) is 0 Å². The number of benzene rings is 1. The van der Waals surface area contributed by atoms with E-state index < -0.39 is 17.7 Å². The van der Waals surface area contributed by atoms with E-state index in [1.54, 1.807) is 0 Å². The smallest absolute Gasteiger partial charge is 0.404 e. The monoisotopic (exact) mass is 213 g/mol. The predicted molar refractivity (Wildman–Crippen MR) is 48.7 cm³/mol. The summed E-state index contributed by atoms with van der Waals surface area (Å²) in [4.78, 5) is 10.3. The molecule has 3 nitrogen and oxygen atoms in total. The first-order valence-corrected chi connectivity index (χ1v) is 4.52. The summed E-state index contributed by atoms with van der Waals surface area (Å²) >= 11 is 0. The van der Waals surface area contributed by atoms with Crippen LogP contribution in [-0.4, -0.2) is 17.2 Å². The van der Waals surface area contributed by atoms with Gasteiger partial charge < -0.3 is 10.4 Å². The Labute approximate surface area is 84.7 Å². The van der Waals surface area contributed by atoms with Crippen LogP contribution in [0.15, 0.2) is 18.2 Å². The van der Waals surface area contributed by atoms with E-state index in [0.29, 0.717) is 12.0 Å². The molecule has 2 N–H and O–H groups in total. The fourth-order valence-electron chi connectivity index (χ4n) is 1.62. The molecule has 0 aromatic heterocycles. The van der Waals surface area contributed by atoms with E-state index >= 15 is 0 Å². The second-order valence-corrected chi connectivity index (χ2v) is 3.57. The van der Waals surface area contributed by atoms with Gasteiger partial charge in [0.05, 0.1) is 0 Å². The van der Waals surface area contributed by atoms with Gasteiger partial charge in [0.25, 0.3) is 0 Å². The maximum Gasteiger partial charge on any atom is 0.404 e. The average molecular weight is 213 g/mol. The quantitative estimate of drug-likeness (QED) is 0.790. The SMILES string of the molecule is O=C(O)N[C@@H]1C[C@H]1c1ccc(F)c(F)c1. The number of rotatable bonds is 2. The fourth-order valence-corrected chi connectivity index (χ4v) is 1.62. The van der Waals surface area contributed by atoms with Crippen LogP contribution in [0.25, 0.3) is 0 Å². The van der Waals surface area contributed by atoms with Crippen LogP contribution >= 0.6 is 0 Å². The summed E-state index contributed by atoms with van der Waals surface area (Å²) < 4.78 is 25.5. The van der Waals surface area contributed by atoms with Crippen molar-refractivity contribution in [3.63, 3.8) is 0 Å². The highest BCUT2D eigenvalue weighted by molar-refractivity contribution is 5.65. The highest BCUT2D eigenvalue weighted by Gasteiger charge is 2.39. The number of carbonyl (C=O) groups is 1. The van der Waals surface area contributed by atoms with Gasteiger partial charge in [-0.15, -0.1) is 0 Å². The van der Waals surface area contributed by atoms with Gasteiger partial charge in [-0.3, -0.25) is 0 Å². The Morgan fingerprint density at radius 1 is 1.40 bits per heavy atom. The normalized spacial score (nSPS) is 23.6. The molecule has 1 aliphatic rings. The molecule has 0 saturated heterocycles.